The maximum absolute atomic E-state index is 14.6. The van der Waals surface area contributed by atoms with Crippen molar-refractivity contribution in [2.45, 2.75) is 22.6 Å². The summed E-state index contributed by atoms with van der Waals surface area (Å²) in [5, 5.41) is 24.9. The summed E-state index contributed by atoms with van der Waals surface area (Å²) in [5.74, 6) is -1.96. The van der Waals surface area contributed by atoms with Gasteiger partial charge in [-0.25, -0.2) is 18.4 Å². The number of hydrogen-bond acceptors (Lipinski definition) is 9. The van der Waals surface area contributed by atoms with Gasteiger partial charge in [-0.15, -0.1) is 5.10 Å². The molecule has 1 amide bonds. The molecule has 0 radical (unpaired) electrons. The smallest absolute Gasteiger partial charge is 0.270 e. The number of benzene rings is 1. The lowest BCUT2D eigenvalue weighted by molar-refractivity contribution is -0.384. The molecule has 166 valence electrons. The minimum absolute atomic E-state index is 0.0720. The van der Waals surface area contributed by atoms with Crippen LogP contribution in [0.25, 0.3) is 0 Å². The summed E-state index contributed by atoms with van der Waals surface area (Å²) >= 11 is 1.02. The van der Waals surface area contributed by atoms with Crippen LogP contribution in [0.1, 0.15) is 16.8 Å². The number of nitrogens with one attached hydrogen (secondary N) is 1. The molecule has 3 heterocycles. The maximum atomic E-state index is 14.6. The van der Waals surface area contributed by atoms with Gasteiger partial charge in [0.05, 0.1) is 22.4 Å². The van der Waals surface area contributed by atoms with Gasteiger partial charge in [-0.3, -0.25) is 14.9 Å². The quantitative estimate of drug-likeness (QED) is 0.434. The number of amides is 1. The fourth-order valence-corrected chi connectivity index (χ4v) is 3.96. The Morgan fingerprint density at radius 1 is 1.38 bits per heavy atom. The van der Waals surface area contributed by atoms with Crippen molar-refractivity contribution in [1.82, 2.24) is 25.2 Å². The van der Waals surface area contributed by atoms with Crippen LogP contribution in [0.5, 0.6) is 0 Å². The molecule has 2 aromatic heterocycles. The molecule has 1 aliphatic heterocycles. The molecule has 1 fully saturated rings. The second-order valence-corrected chi connectivity index (χ2v) is 7.94. The number of anilines is 2. The number of pyridine rings is 1. The van der Waals surface area contributed by atoms with Crippen molar-refractivity contribution in [1.29, 1.82) is 0 Å². The largest absolute Gasteiger partial charge is 0.367 e. The SMILES string of the molecule is Cn1nnnc1Sc1ccc([N+](=O)[O-])cc1C(=O)Nc1ncc(N2CC[C@H](F)C2)cc1F. The monoisotopic (exact) mass is 462 g/mol. The summed E-state index contributed by atoms with van der Waals surface area (Å²) in [4.78, 5) is 29.4. The average molecular weight is 462 g/mol. The van der Waals surface area contributed by atoms with Crippen molar-refractivity contribution in [2.75, 3.05) is 23.3 Å². The number of nitro groups is 1. The number of nitrogens with zero attached hydrogens (tertiary/aromatic N) is 7. The fourth-order valence-electron chi connectivity index (χ4n) is 3.12. The summed E-state index contributed by atoms with van der Waals surface area (Å²) in [7, 11) is 1.60. The van der Waals surface area contributed by atoms with E-state index in [4.69, 9.17) is 0 Å². The number of carbonyl (C=O) groups is 1. The van der Waals surface area contributed by atoms with E-state index >= 15 is 0 Å². The van der Waals surface area contributed by atoms with Crippen molar-refractivity contribution in [2.24, 2.45) is 7.05 Å². The van der Waals surface area contributed by atoms with Gasteiger partial charge in [-0.2, -0.15) is 0 Å². The molecular formula is C18H16F2N8O3S. The first kappa shape index (κ1) is 21.5. The highest BCUT2D eigenvalue weighted by Gasteiger charge is 2.24. The van der Waals surface area contributed by atoms with E-state index < -0.39 is 22.8 Å². The Labute approximate surface area is 184 Å². The van der Waals surface area contributed by atoms with Crippen molar-refractivity contribution in [3.05, 3.63) is 52.0 Å². The number of rotatable bonds is 6. The number of non-ortho nitro benzene ring substituents is 1. The molecule has 1 aromatic carbocycles. The number of aromatic nitrogens is 5. The predicted molar refractivity (Wildman–Crippen MR) is 110 cm³/mol. The zero-order valence-electron chi connectivity index (χ0n) is 16.6. The van der Waals surface area contributed by atoms with Gasteiger partial charge in [-0.1, -0.05) is 0 Å². The standard InChI is InChI=1S/C18H16F2N8O3S/c1-26-18(23-24-25-26)32-15-3-2-11(28(30)31)6-13(15)17(29)22-16-14(20)7-12(8-21-16)27-5-4-10(19)9-27/h2-3,6-8,10H,4-5,9H2,1H3,(H,21,22,29)/t10-/m0/s1. The molecule has 1 saturated heterocycles. The normalized spacial score (nSPS) is 15.7. The molecule has 1 N–H and O–H groups in total. The molecule has 0 bridgehead atoms. The summed E-state index contributed by atoms with van der Waals surface area (Å²) in [6.07, 6.45) is 0.714. The number of hydrogen-bond donors (Lipinski definition) is 1. The molecule has 0 saturated carbocycles. The average Bonchev–Trinajstić information content (AvgIpc) is 3.37. The number of halogens is 2. The number of carbonyl (C=O) groups excluding carboxylic acids is 1. The molecule has 32 heavy (non-hydrogen) atoms. The zero-order chi connectivity index (χ0) is 22.8. The molecule has 0 unspecified atom stereocenters. The minimum atomic E-state index is -0.980. The third-order valence-corrected chi connectivity index (χ3v) is 5.86. The molecule has 11 nitrogen and oxygen atoms in total. The lowest BCUT2D eigenvalue weighted by atomic mass is 10.2. The van der Waals surface area contributed by atoms with Gasteiger partial charge in [0.15, 0.2) is 11.6 Å². The molecule has 3 aromatic rings. The molecule has 1 aliphatic rings. The van der Waals surface area contributed by atoms with Crippen LogP contribution in [0.3, 0.4) is 0 Å². The number of nitro benzene ring substituents is 1. The van der Waals surface area contributed by atoms with E-state index in [-0.39, 0.29) is 23.6 Å². The van der Waals surface area contributed by atoms with E-state index in [1.54, 1.807) is 11.9 Å². The van der Waals surface area contributed by atoms with E-state index in [1.807, 2.05) is 0 Å². The van der Waals surface area contributed by atoms with Crippen molar-refractivity contribution >= 4 is 34.9 Å². The number of alkyl halides is 1. The summed E-state index contributed by atoms with van der Waals surface area (Å²) in [6, 6.07) is 4.87. The van der Waals surface area contributed by atoms with E-state index in [0.29, 0.717) is 28.7 Å². The highest BCUT2D eigenvalue weighted by molar-refractivity contribution is 7.99. The van der Waals surface area contributed by atoms with Gasteiger partial charge in [-0.05, 0) is 34.7 Å². The Kier molecular flexibility index (Phi) is 5.94. The fraction of sp³-hybridized carbons (Fsp3) is 0.278. The van der Waals surface area contributed by atoms with Crippen LogP contribution in [0.2, 0.25) is 0 Å². The zero-order valence-corrected chi connectivity index (χ0v) is 17.4. The van der Waals surface area contributed by atoms with Gasteiger partial charge in [0.2, 0.25) is 5.16 Å². The lowest BCUT2D eigenvalue weighted by Gasteiger charge is -2.17. The lowest BCUT2D eigenvalue weighted by Crippen LogP contribution is -2.21. The maximum Gasteiger partial charge on any atom is 0.270 e. The van der Waals surface area contributed by atoms with Crippen LogP contribution in [-0.2, 0) is 7.05 Å². The van der Waals surface area contributed by atoms with Crippen LogP contribution >= 0.6 is 11.8 Å². The van der Waals surface area contributed by atoms with E-state index in [2.05, 4.69) is 25.8 Å². The molecule has 0 aliphatic carbocycles. The molecule has 14 heteroatoms. The van der Waals surface area contributed by atoms with Crippen molar-refractivity contribution < 1.29 is 18.5 Å². The van der Waals surface area contributed by atoms with E-state index in [1.165, 1.54) is 23.0 Å². The molecule has 4 rings (SSSR count). The van der Waals surface area contributed by atoms with Crippen molar-refractivity contribution in [3.63, 3.8) is 0 Å². The van der Waals surface area contributed by atoms with Crippen LogP contribution in [0, 0.1) is 15.9 Å². The van der Waals surface area contributed by atoms with Crippen molar-refractivity contribution in [3.8, 4) is 0 Å². The third kappa shape index (κ3) is 4.49. The molecular weight excluding hydrogens is 446 g/mol. The highest BCUT2D eigenvalue weighted by Crippen LogP contribution is 2.32. The first-order chi connectivity index (χ1) is 15.3. The van der Waals surface area contributed by atoms with Gasteiger partial charge < -0.3 is 10.2 Å². The number of tetrazole rings is 1. The van der Waals surface area contributed by atoms with Gasteiger partial charge >= 0.3 is 0 Å². The van der Waals surface area contributed by atoms with Crippen LogP contribution in [0.15, 0.2) is 40.5 Å². The first-order valence-electron chi connectivity index (χ1n) is 9.36. The Balaban J connectivity index is 1.60. The van der Waals surface area contributed by atoms with Gasteiger partial charge in [0.1, 0.15) is 6.17 Å². The second-order valence-electron chi connectivity index (χ2n) is 6.93. The van der Waals surface area contributed by atoms with Crippen LogP contribution in [-0.4, -0.2) is 55.3 Å². The second kappa shape index (κ2) is 8.82. The summed E-state index contributed by atoms with van der Waals surface area (Å²) < 4.78 is 29.4. The minimum Gasteiger partial charge on any atom is -0.367 e. The number of aryl methyl sites for hydroxylation is 1. The van der Waals surface area contributed by atoms with Gasteiger partial charge in [0.25, 0.3) is 11.6 Å². The van der Waals surface area contributed by atoms with Crippen LogP contribution in [0.4, 0.5) is 26.0 Å². The Hall–Kier alpha value is -3.68. The van der Waals surface area contributed by atoms with E-state index in [9.17, 15) is 23.7 Å². The predicted octanol–water partition coefficient (Wildman–Crippen LogP) is 2.60. The highest BCUT2D eigenvalue weighted by atomic mass is 32.2. The first-order valence-corrected chi connectivity index (χ1v) is 10.2. The Morgan fingerprint density at radius 2 is 2.19 bits per heavy atom. The van der Waals surface area contributed by atoms with Crippen LogP contribution < -0.4 is 10.2 Å². The molecule has 0 spiro atoms. The summed E-state index contributed by atoms with van der Waals surface area (Å²) in [6.45, 7) is 0.594. The Morgan fingerprint density at radius 3 is 2.81 bits per heavy atom. The molecule has 1 atom stereocenters. The summed E-state index contributed by atoms with van der Waals surface area (Å²) in [5.41, 5.74) is 0.0218. The Bertz CT molecular complexity index is 1190. The van der Waals surface area contributed by atoms with E-state index in [0.717, 1.165) is 23.9 Å². The third-order valence-electron chi connectivity index (χ3n) is 4.76. The van der Waals surface area contributed by atoms with Gasteiger partial charge in [0, 0.05) is 43.2 Å². The topological polar surface area (TPSA) is 132 Å².